The van der Waals surface area contributed by atoms with Crippen molar-refractivity contribution in [3.05, 3.63) is 31.9 Å². The van der Waals surface area contributed by atoms with Gasteiger partial charge in [0.05, 0.1) is 8.49 Å². The summed E-state index contributed by atoms with van der Waals surface area (Å²) < 4.78 is 0.693. The maximum atomic E-state index is 10.8. The van der Waals surface area contributed by atoms with Crippen molar-refractivity contribution in [3.63, 3.8) is 0 Å². The molecule has 1 aromatic rings. The van der Waals surface area contributed by atoms with Crippen LogP contribution >= 0.6 is 22.6 Å². The van der Waals surface area contributed by atoms with Crippen LogP contribution in [0, 0.1) is 13.7 Å². The van der Waals surface area contributed by atoms with Crippen molar-refractivity contribution in [2.75, 3.05) is 25.0 Å². The third kappa shape index (κ3) is 3.56. The van der Waals surface area contributed by atoms with E-state index in [0.29, 0.717) is 9.61 Å². The van der Waals surface area contributed by atoms with Gasteiger partial charge in [0.2, 0.25) is 0 Å². The minimum Gasteiger partial charge on any atom is -0.372 e. The number of nitro groups is 1. The van der Waals surface area contributed by atoms with Crippen molar-refractivity contribution in [1.82, 2.24) is 5.32 Å². The lowest BCUT2D eigenvalue weighted by molar-refractivity contribution is -0.385. The number of halogens is 1. The first-order chi connectivity index (χ1) is 9.09. The van der Waals surface area contributed by atoms with Crippen LogP contribution in [0.25, 0.3) is 0 Å². The van der Waals surface area contributed by atoms with Gasteiger partial charge in [0.15, 0.2) is 0 Å². The van der Waals surface area contributed by atoms with E-state index in [2.05, 4.69) is 17.3 Å². The summed E-state index contributed by atoms with van der Waals surface area (Å²) in [4.78, 5) is 12.7. The first kappa shape index (κ1) is 14.5. The smallest absolute Gasteiger partial charge is 0.282 e. The maximum absolute atomic E-state index is 10.8. The molecule has 1 heterocycles. The minimum absolute atomic E-state index is 0.181. The molecule has 2 rings (SSSR count). The molecule has 0 bridgehead atoms. The van der Waals surface area contributed by atoms with Crippen molar-refractivity contribution >= 4 is 34.0 Å². The molecule has 1 aliphatic rings. The lowest BCUT2D eigenvalue weighted by Gasteiger charge is -2.29. The molecule has 0 radical (unpaired) electrons. The average molecular weight is 375 g/mol. The molecule has 6 heteroatoms. The van der Waals surface area contributed by atoms with Crippen LogP contribution in [0.5, 0.6) is 0 Å². The van der Waals surface area contributed by atoms with Gasteiger partial charge in [-0.25, -0.2) is 0 Å². The molecule has 5 nitrogen and oxygen atoms in total. The Labute approximate surface area is 126 Å². The third-order valence-electron chi connectivity index (χ3n) is 3.63. The molecule has 0 aromatic heterocycles. The highest BCUT2D eigenvalue weighted by atomic mass is 127. The molecule has 1 unspecified atom stereocenters. The van der Waals surface area contributed by atoms with Gasteiger partial charge < -0.3 is 10.2 Å². The van der Waals surface area contributed by atoms with Gasteiger partial charge in [0.25, 0.3) is 5.69 Å². The van der Waals surface area contributed by atoms with Gasteiger partial charge in [-0.1, -0.05) is 0 Å². The van der Waals surface area contributed by atoms with Crippen LogP contribution in [-0.4, -0.2) is 31.1 Å². The summed E-state index contributed by atoms with van der Waals surface area (Å²) in [6.45, 7) is 2.13. The number of hydrogen-bond donors (Lipinski definition) is 1. The van der Waals surface area contributed by atoms with Crippen LogP contribution in [0.4, 0.5) is 11.4 Å². The van der Waals surface area contributed by atoms with Gasteiger partial charge in [-0.05, 0) is 67.1 Å². The molecule has 1 aromatic carbocycles. The Morgan fingerprint density at radius 3 is 2.89 bits per heavy atom. The fourth-order valence-electron chi connectivity index (χ4n) is 2.46. The zero-order valence-corrected chi connectivity index (χ0v) is 13.1. The summed E-state index contributed by atoms with van der Waals surface area (Å²) >= 11 is 2.03. The summed E-state index contributed by atoms with van der Waals surface area (Å²) in [7, 11) is 2.08. The van der Waals surface area contributed by atoms with E-state index in [1.54, 1.807) is 6.07 Å². The van der Waals surface area contributed by atoms with Crippen LogP contribution in [0.3, 0.4) is 0 Å². The number of nitrogens with zero attached hydrogens (tertiary/aromatic N) is 2. The summed E-state index contributed by atoms with van der Waals surface area (Å²) in [6, 6.07) is 5.85. The standard InChI is InChI=1S/C13H18IN3O2/c1-16(10-3-2-7-15-8-6-10)11-4-5-13(17(18)19)12(14)9-11/h4-5,9-10,15H,2-3,6-8H2,1H3. The molecule has 0 aliphatic carbocycles. The fourth-order valence-corrected chi connectivity index (χ4v) is 3.16. The topological polar surface area (TPSA) is 58.4 Å². The molecule has 1 fully saturated rings. The highest BCUT2D eigenvalue weighted by Crippen LogP contribution is 2.28. The number of hydrogen-bond acceptors (Lipinski definition) is 4. The van der Waals surface area contributed by atoms with Crippen molar-refractivity contribution in [2.45, 2.75) is 25.3 Å². The van der Waals surface area contributed by atoms with Gasteiger partial charge >= 0.3 is 0 Å². The van der Waals surface area contributed by atoms with Gasteiger partial charge in [-0.15, -0.1) is 0 Å². The van der Waals surface area contributed by atoms with Crippen molar-refractivity contribution in [2.24, 2.45) is 0 Å². The summed E-state index contributed by atoms with van der Waals surface area (Å²) in [5.41, 5.74) is 1.24. The third-order valence-corrected chi connectivity index (χ3v) is 4.49. The Morgan fingerprint density at radius 1 is 1.42 bits per heavy atom. The Kier molecular flexibility index (Phi) is 4.98. The van der Waals surface area contributed by atoms with Crippen molar-refractivity contribution in [3.8, 4) is 0 Å². The van der Waals surface area contributed by atoms with Crippen LogP contribution < -0.4 is 10.2 Å². The quantitative estimate of drug-likeness (QED) is 0.502. The first-order valence-electron chi connectivity index (χ1n) is 6.47. The minimum atomic E-state index is -0.332. The Balaban J connectivity index is 2.16. The number of nitrogens with one attached hydrogen (secondary N) is 1. The second kappa shape index (κ2) is 6.51. The van der Waals surface area contributed by atoms with Crippen molar-refractivity contribution in [1.29, 1.82) is 0 Å². The van der Waals surface area contributed by atoms with E-state index >= 15 is 0 Å². The van der Waals surface area contributed by atoms with E-state index in [1.165, 1.54) is 6.42 Å². The molecular formula is C13H18IN3O2. The van der Waals surface area contributed by atoms with Crippen LogP contribution in [0.1, 0.15) is 19.3 Å². The highest BCUT2D eigenvalue weighted by molar-refractivity contribution is 14.1. The monoisotopic (exact) mass is 375 g/mol. The highest BCUT2D eigenvalue weighted by Gasteiger charge is 2.19. The van der Waals surface area contributed by atoms with Gasteiger partial charge in [0, 0.05) is 24.8 Å². The molecule has 0 saturated carbocycles. The molecule has 19 heavy (non-hydrogen) atoms. The molecule has 0 amide bonds. The molecule has 1 atom stereocenters. The predicted molar refractivity (Wildman–Crippen MR) is 84.7 cm³/mol. The number of rotatable bonds is 3. The summed E-state index contributed by atoms with van der Waals surface area (Å²) in [6.07, 6.45) is 3.46. The van der Waals surface area contributed by atoms with E-state index in [-0.39, 0.29) is 10.6 Å². The van der Waals surface area contributed by atoms with Gasteiger partial charge in [0.1, 0.15) is 0 Å². The molecule has 0 spiro atoms. The molecule has 1 N–H and O–H groups in total. The van der Waals surface area contributed by atoms with E-state index < -0.39 is 0 Å². The Bertz CT molecular complexity index is 459. The number of anilines is 1. The zero-order chi connectivity index (χ0) is 13.8. The first-order valence-corrected chi connectivity index (χ1v) is 7.55. The van der Waals surface area contributed by atoms with E-state index in [0.717, 1.165) is 31.6 Å². The lowest BCUT2D eigenvalue weighted by Crippen LogP contribution is -2.32. The summed E-state index contributed by atoms with van der Waals surface area (Å²) in [5.74, 6) is 0. The Hall–Kier alpha value is -0.890. The van der Waals surface area contributed by atoms with Crippen LogP contribution in [0.2, 0.25) is 0 Å². The van der Waals surface area contributed by atoms with Crippen LogP contribution in [0.15, 0.2) is 18.2 Å². The normalized spacial score (nSPS) is 19.8. The Morgan fingerprint density at radius 2 is 2.21 bits per heavy atom. The van der Waals surface area contributed by atoms with E-state index in [1.807, 2.05) is 34.7 Å². The maximum Gasteiger partial charge on any atom is 0.282 e. The average Bonchev–Trinajstić information content (AvgIpc) is 2.66. The summed E-state index contributed by atoms with van der Waals surface area (Å²) in [5, 5.41) is 14.2. The van der Waals surface area contributed by atoms with Crippen molar-refractivity contribution < 1.29 is 4.92 Å². The van der Waals surface area contributed by atoms with Crippen LogP contribution in [-0.2, 0) is 0 Å². The van der Waals surface area contributed by atoms with E-state index in [9.17, 15) is 10.1 Å². The molecule has 104 valence electrons. The second-order valence-corrected chi connectivity index (χ2v) is 6.00. The second-order valence-electron chi connectivity index (χ2n) is 4.84. The number of nitro benzene ring substituents is 1. The molecule has 1 saturated heterocycles. The zero-order valence-electron chi connectivity index (χ0n) is 10.9. The lowest BCUT2D eigenvalue weighted by atomic mass is 10.1. The van der Waals surface area contributed by atoms with Gasteiger partial charge in [-0.2, -0.15) is 0 Å². The number of benzene rings is 1. The van der Waals surface area contributed by atoms with E-state index in [4.69, 9.17) is 0 Å². The largest absolute Gasteiger partial charge is 0.372 e. The fraction of sp³-hybridized carbons (Fsp3) is 0.538. The SMILES string of the molecule is CN(c1ccc([N+](=O)[O-])c(I)c1)C1CCCNCC1. The molecule has 1 aliphatic heterocycles. The van der Waals surface area contributed by atoms with Gasteiger partial charge in [-0.3, -0.25) is 10.1 Å². The predicted octanol–water partition coefficient (Wildman–Crippen LogP) is 2.78. The molecular weight excluding hydrogens is 357 g/mol.